The lowest BCUT2D eigenvalue weighted by Gasteiger charge is -2.24. The zero-order valence-electron chi connectivity index (χ0n) is 12.7. The van der Waals surface area contributed by atoms with Crippen LogP contribution in [0.5, 0.6) is 0 Å². The molecule has 0 bridgehead atoms. The molecular formula is C15H24BrN3O. The first-order valence-electron chi connectivity index (χ1n) is 7.18. The summed E-state index contributed by atoms with van der Waals surface area (Å²) in [6.07, 6.45) is 2.71. The summed E-state index contributed by atoms with van der Waals surface area (Å²) < 4.78 is 0.823. The van der Waals surface area contributed by atoms with Gasteiger partial charge in [-0.2, -0.15) is 0 Å². The molecule has 0 spiro atoms. The van der Waals surface area contributed by atoms with Gasteiger partial charge in [0.2, 0.25) is 0 Å². The normalized spacial score (nSPS) is 10.7. The van der Waals surface area contributed by atoms with E-state index in [-0.39, 0.29) is 5.91 Å². The molecule has 0 radical (unpaired) electrons. The molecule has 0 saturated carbocycles. The molecule has 1 rings (SSSR count). The van der Waals surface area contributed by atoms with Crippen LogP contribution in [0.25, 0.3) is 0 Å². The molecule has 1 heterocycles. The monoisotopic (exact) mass is 341 g/mol. The van der Waals surface area contributed by atoms with Crippen LogP contribution in [-0.2, 0) is 0 Å². The molecule has 0 fully saturated rings. The first kappa shape index (κ1) is 17.0. The van der Waals surface area contributed by atoms with Crippen LogP contribution in [0, 0.1) is 5.92 Å². The fourth-order valence-electron chi connectivity index (χ4n) is 1.95. The molecule has 1 aromatic heterocycles. The maximum Gasteiger partial charge on any atom is 0.257 e. The smallest absolute Gasteiger partial charge is 0.257 e. The number of nitrogens with one attached hydrogen (secondary N) is 1. The third-order valence-corrected chi connectivity index (χ3v) is 3.32. The summed E-state index contributed by atoms with van der Waals surface area (Å²) >= 11 is 3.39. The number of aromatic nitrogens is 1. The molecule has 5 heteroatoms. The van der Waals surface area contributed by atoms with Gasteiger partial charge in [0.05, 0.1) is 5.56 Å². The third-order valence-electron chi connectivity index (χ3n) is 2.88. The van der Waals surface area contributed by atoms with Gasteiger partial charge in [0, 0.05) is 30.3 Å². The van der Waals surface area contributed by atoms with Crippen LogP contribution in [0.4, 0.5) is 5.82 Å². The minimum atomic E-state index is 0.0357. The number of amides is 1. The van der Waals surface area contributed by atoms with Crippen molar-refractivity contribution in [3.8, 4) is 0 Å². The standard InChI is InChI=1S/C15H24BrN3O/c1-5-7-17-14-13(8-12(16)9-18-14)15(20)19(6-2)10-11(3)4/h8-9,11H,5-7,10H2,1-4H3,(H,17,18). The fourth-order valence-corrected chi connectivity index (χ4v) is 2.28. The summed E-state index contributed by atoms with van der Waals surface area (Å²) in [5, 5.41) is 3.22. The number of carbonyl (C=O) groups is 1. The Morgan fingerprint density at radius 3 is 2.70 bits per heavy atom. The van der Waals surface area contributed by atoms with Crippen molar-refractivity contribution in [2.45, 2.75) is 34.1 Å². The van der Waals surface area contributed by atoms with E-state index in [9.17, 15) is 4.79 Å². The van der Waals surface area contributed by atoms with Gasteiger partial charge in [-0.05, 0) is 41.3 Å². The second kappa shape index (κ2) is 8.25. The van der Waals surface area contributed by atoms with E-state index in [1.165, 1.54) is 0 Å². The van der Waals surface area contributed by atoms with Crippen molar-refractivity contribution in [3.63, 3.8) is 0 Å². The van der Waals surface area contributed by atoms with Gasteiger partial charge in [0.25, 0.3) is 5.91 Å². The third kappa shape index (κ3) is 4.78. The second-order valence-electron chi connectivity index (χ2n) is 5.21. The Morgan fingerprint density at radius 1 is 1.45 bits per heavy atom. The molecule has 1 aromatic rings. The lowest BCUT2D eigenvalue weighted by molar-refractivity contribution is 0.0746. The number of nitrogens with zero attached hydrogens (tertiary/aromatic N) is 2. The van der Waals surface area contributed by atoms with Crippen LogP contribution < -0.4 is 5.32 Å². The van der Waals surface area contributed by atoms with Crippen LogP contribution in [0.2, 0.25) is 0 Å². The highest BCUT2D eigenvalue weighted by molar-refractivity contribution is 9.10. The molecule has 112 valence electrons. The maximum absolute atomic E-state index is 12.7. The maximum atomic E-state index is 12.7. The predicted octanol–water partition coefficient (Wildman–Crippen LogP) is 3.78. The van der Waals surface area contributed by atoms with E-state index < -0.39 is 0 Å². The largest absolute Gasteiger partial charge is 0.369 e. The van der Waals surface area contributed by atoms with Crippen molar-refractivity contribution >= 4 is 27.7 Å². The van der Waals surface area contributed by atoms with Gasteiger partial charge in [-0.1, -0.05) is 20.8 Å². The SMILES string of the molecule is CCCNc1ncc(Br)cc1C(=O)N(CC)CC(C)C. The number of pyridine rings is 1. The van der Waals surface area contributed by atoms with Crippen LogP contribution in [0.3, 0.4) is 0 Å². The van der Waals surface area contributed by atoms with Crippen molar-refractivity contribution in [2.75, 3.05) is 25.0 Å². The quantitative estimate of drug-likeness (QED) is 0.820. The van der Waals surface area contributed by atoms with E-state index in [1.807, 2.05) is 17.9 Å². The molecule has 0 saturated heterocycles. The molecule has 0 aliphatic heterocycles. The van der Waals surface area contributed by atoms with Gasteiger partial charge >= 0.3 is 0 Å². The van der Waals surface area contributed by atoms with Gasteiger partial charge in [0.1, 0.15) is 5.82 Å². The first-order valence-corrected chi connectivity index (χ1v) is 7.97. The summed E-state index contributed by atoms with van der Waals surface area (Å²) in [4.78, 5) is 18.9. The Labute approximate surface area is 130 Å². The Morgan fingerprint density at radius 2 is 2.15 bits per heavy atom. The van der Waals surface area contributed by atoms with Gasteiger partial charge < -0.3 is 10.2 Å². The summed E-state index contributed by atoms with van der Waals surface area (Å²) in [6, 6.07) is 1.84. The zero-order chi connectivity index (χ0) is 15.1. The predicted molar refractivity (Wildman–Crippen MR) is 87.1 cm³/mol. The highest BCUT2D eigenvalue weighted by atomic mass is 79.9. The zero-order valence-corrected chi connectivity index (χ0v) is 14.3. The van der Waals surface area contributed by atoms with Crippen LogP contribution >= 0.6 is 15.9 Å². The minimum absolute atomic E-state index is 0.0357. The van der Waals surface area contributed by atoms with Gasteiger partial charge in [-0.15, -0.1) is 0 Å². The Bertz CT molecular complexity index is 449. The molecule has 1 N–H and O–H groups in total. The van der Waals surface area contributed by atoms with Crippen molar-refractivity contribution < 1.29 is 4.79 Å². The molecule has 0 aliphatic rings. The van der Waals surface area contributed by atoms with Crippen LogP contribution in [0.1, 0.15) is 44.5 Å². The summed E-state index contributed by atoms with van der Waals surface area (Å²) in [5.41, 5.74) is 0.635. The van der Waals surface area contributed by atoms with Gasteiger partial charge in [0.15, 0.2) is 0 Å². The number of hydrogen-bond acceptors (Lipinski definition) is 3. The Hall–Kier alpha value is -1.10. The highest BCUT2D eigenvalue weighted by Crippen LogP contribution is 2.20. The van der Waals surface area contributed by atoms with Crippen LogP contribution in [-0.4, -0.2) is 35.4 Å². The van der Waals surface area contributed by atoms with Crippen molar-refractivity contribution in [3.05, 3.63) is 22.3 Å². The van der Waals surface area contributed by atoms with E-state index in [0.717, 1.165) is 24.0 Å². The van der Waals surface area contributed by atoms with Crippen molar-refractivity contribution in [1.29, 1.82) is 0 Å². The summed E-state index contributed by atoms with van der Waals surface area (Å²) in [7, 11) is 0. The number of hydrogen-bond donors (Lipinski definition) is 1. The molecule has 0 aliphatic carbocycles. The summed E-state index contributed by atoms with van der Waals surface area (Å²) in [5.74, 6) is 1.15. The van der Waals surface area contributed by atoms with E-state index in [2.05, 4.69) is 47.0 Å². The van der Waals surface area contributed by atoms with Crippen molar-refractivity contribution in [1.82, 2.24) is 9.88 Å². The second-order valence-corrected chi connectivity index (χ2v) is 6.13. The van der Waals surface area contributed by atoms with Gasteiger partial charge in [-0.3, -0.25) is 4.79 Å². The lowest BCUT2D eigenvalue weighted by Crippen LogP contribution is -2.34. The number of carbonyl (C=O) groups excluding carboxylic acids is 1. The Kier molecular flexibility index (Phi) is 6.99. The fraction of sp³-hybridized carbons (Fsp3) is 0.600. The van der Waals surface area contributed by atoms with Crippen molar-refractivity contribution in [2.24, 2.45) is 5.92 Å². The first-order chi connectivity index (χ1) is 9.49. The average Bonchev–Trinajstić information content (AvgIpc) is 2.42. The molecule has 0 aromatic carbocycles. The average molecular weight is 342 g/mol. The van der Waals surface area contributed by atoms with E-state index in [4.69, 9.17) is 0 Å². The van der Waals surface area contributed by atoms with Crippen LogP contribution in [0.15, 0.2) is 16.7 Å². The number of rotatable bonds is 7. The molecule has 0 unspecified atom stereocenters. The summed E-state index contributed by atoms with van der Waals surface area (Å²) in [6.45, 7) is 10.6. The topological polar surface area (TPSA) is 45.2 Å². The minimum Gasteiger partial charge on any atom is -0.369 e. The molecule has 4 nitrogen and oxygen atoms in total. The number of halogens is 1. The molecule has 20 heavy (non-hydrogen) atoms. The molecule has 1 amide bonds. The molecular weight excluding hydrogens is 318 g/mol. The van der Waals surface area contributed by atoms with E-state index in [1.54, 1.807) is 6.20 Å². The lowest BCUT2D eigenvalue weighted by atomic mass is 10.1. The highest BCUT2D eigenvalue weighted by Gasteiger charge is 2.19. The van der Waals surface area contributed by atoms with E-state index >= 15 is 0 Å². The molecule has 0 atom stereocenters. The number of anilines is 1. The van der Waals surface area contributed by atoms with E-state index in [0.29, 0.717) is 23.8 Å². The Balaban J connectivity index is 3.02. The van der Waals surface area contributed by atoms with Gasteiger partial charge in [-0.25, -0.2) is 4.98 Å².